The van der Waals surface area contributed by atoms with Gasteiger partial charge in [0, 0.05) is 32.8 Å². The van der Waals surface area contributed by atoms with Crippen LogP contribution in [0.1, 0.15) is 38.6 Å². The Kier molecular flexibility index (Phi) is 6.57. The Labute approximate surface area is 176 Å². The van der Waals surface area contributed by atoms with Gasteiger partial charge in [-0.05, 0) is 57.7 Å². The summed E-state index contributed by atoms with van der Waals surface area (Å²) >= 11 is 1.58. The van der Waals surface area contributed by atoms with Gasteiger partial charge in [-0.3, -0.25) is 4.79 Å². The number of hydrogen-bond acceptors (Lipinski definition) is 5. The van der Waals surface area contributed by atoms with Crippen LogP contribution in [0.5, 0.6) is 0 Å². The summed E-state index contributed by atoms with van der Waals surface area (Å²) in [7, 11) is 1.75. The molecule has 0 spiro atoms. The third-order valence-electron chi connectivity index (χ3n) is 4.75. The van der Waals surface area contributed by atoms with Crippen LogP contribution in [0.3, 0.4) is 0 Å². The summed E-state index contributed by atoms with van der Waals surface area (Å²) < 4.78 is 6.53. The van der Waals surface area contributed by atoms with Crippen molar-refractivity contribution in [1.29, 1.82) is 0 Å². The number of fused-ring (bicyclic) bond motifs is 1. The molecule has 1 aromatic carbocycles. The normalized spacial score (nSPS) is 17.7. The fraction of sp³-hybridized carbons (Fsp3) is 0.500. The molecule has 0 saturated carbocycles. The van der Waals surface area contributed by atoms with Crippen molar-refractivity contribution in [1.82, 2.24) is 14.8 Å². The Morgan fingerprint density at radius 3 is 2.83 bits per heavy atom. The van der Waals surface area contributed by atoms with E-state index in [9.17, 15) is 9.59 Å². The lowest BCUT2D eigenvalue weighted by Gasteiger charge is -2.34. The number of ether oxygens (including phenoxy) is 1. The lowest BCUT2D eigenvalue weighted by atomic mass is 9.97. The minimum Gasteiger partial charge on any atom is -0.444 e. The van der Waals surface area contributed by atoms with E-state index in [-0.39, 0.29) is 17.9 Å². The molecule has 1 aliphatic heterocycles. The van der Waals surface area contributed by atoms with E-state index in [0.717, 1.165) is 34.6 Å². The maximum absolute atomic E-state index is 12.7. The van der Waals surface area contributed by atoms with Crippen LogP contribution in [0.4, 0.5) is 4.79 Å². The molecular weight excluding hydrogens is 386 g/mol. The SMILES string of the molecule is CN(CC1CCCN(C(=O)/C=C/c2nc3ccccc3s2)C1)C(=O)OC(C)(C)C. The standard InChI is InChI=1S/C22H29N3O3S/c1-22(2,3)28-21(27)24(4)14-16-8-7-13-25(15-16)20(26)12-11-19-23-17-9-5-6-10-18(17)29-19/h5-6,9-12,16H,7-8,13-15H2,1-4H3/b12-11+. The molecule has 2 amide bonds. The van der Waals surface area contributed by atoms with Crippen molar-refractivity contribution in [2.24, 2.45) is 5.92 Å². The lowest BCUT2D eigenvalue weighted by Crippen LogP contribution is -2.44. The van der Waals surface area contributed by atoms with Crippen molar-refractivity contribution in [2.45, 2.75) is 39.2 Å². The number of benzene rings is 1. The monoisotopic (exact) mass is 415 g/mol. The fourth-order valence-corrected chi connectivity index (χ4v) is 4.30. The zero-order valence-electron chi connectivity index (χ0n) is 17.6. The maximum Gasteiger partial charge on any atom is 0.410 e. The van der Waals surface area contributed by atoms with Gasteiger partial charge in [-0.1, -0.05) is 12.1 Å². The van der Waals surface area contributed by atoms with Crippen LogP contribution in [-0.2, 0) is 9.53 Å². The van der Waals surface area contributed by atoms with E-state index in [1.54, 1.807) is 35.4 Å². The molecule has 1 saturated heterocycles. The highest BCUT2D eigenvalue weighted by Crippen LogP contribution is 2.23. The molecule has 0 radical (unpaired) electrons. The number of aromatic nitrogens is 1. The van der Waals surface area contributed by atoms with E-state index < -0.39 is 5.60 Å². The van der Waals surface area contributed by atoms with Crippen LogP contribution in [0.25, 0.3) is 16.3 Å². The number of nitrogens with zero attached hydrogens (tertiary/aromatic N) is 3. The number of amides is 2. The first-order chi connectivity index (χ1) is 13.7. The molecule has 1 atom stereocenters. The first kappa shape index (κ1) is 21.3. The van der Waals surface area contributed by atoms with Gasteiger partial charge in [0.05, 0.1) is 10.2 Å². The van der Waals surface area contributed by atoms with Gasteiger partial charge in [-0.2, -0.15) is 0 Å². The lowest BCUT2D eigenvalue weighted by molar-refractivity contribution is -0.127. The Morgan fingerprint density at radius 1 is 1.34 bits per heavy atom. The smallest absolute Gasteiger partial charge is 0.410 e. The van der Waals surface area contributed by atoms with Gasteiger partial charge < -0.3 is 14.5 Å². The molecule has 7 heteroatoms. The van der Waals surface area contributed by atoms with E-state index in [0.29, 0.717) is 13.1 Å². The summed E-state index contributed by atoms with van der Waals surface area (Å²) in [6.07, 6.45) is 5.02. The number of carbonyl (C=O) groups is 2. The second kappa shape index (κ2) is 8.95. The summed E-state index contributed by atoms with van der Waals surface area (Å²) in [4.78, 5) is 32.8. The van der Waals surface area contributed by atoms with Crippen molar-refractivity contribution >= 4 is 39.6 Å². The number of thiazole rings is 1. The van der Waals surface area contributed by atoms with Gasteiger partial charge in [-0.15, -0.1) is 11.3 Å². The number of likely N-dealkylation sites (tertiary alicyclic amines) is 1. The van der Waals surface area contributed by atoms with Crippen LogP contribution in [-0.4, -0.2) is 59.1 Å². The topological polar surface area (TPSA) is 62.7 Å². The van der Waals surface area contributed by atoms with Crippen LogP contribution < -0.4 is 0 Å². The van der Waals surface area contributed by atoms with Crippen LogP contribution in [0.15, 0.2) is 30.3 Å². The minimum atomic E-state index is -0.509. The van der Waals surface area contributed by atoms with Crippen molar-refractivity contribution in [3.8, 4) is 0 Å². The molecule has 1 aromatic heterocycles. The highest BCUT2D eigenvalue weighted by atomic mass is 32.1. The number of carbonyl (C=O) groups excluding carboxylic acids is 2. The second-order valence-corrected chi connectivity index (χ2v) is 9.57. The summed E-state index contributed by atoms with van der Waals surface area (Å²) in [5, 5.41) is 0.831. The van der Waals surface area contributed by atoms with E-state index in [1.807, 2.05) is 49.9 Å². The van der Waals surface area contributed by atoms with Crippen molar-refractivity contribution in [3.63, 3.8) is 0 Å². The fourth-order valence-electron chi connectivity index (χ4n) is 3.43. The average molecular weight is 416 g/mol. The molecule has 29 heavy (non-hydrogen) atoms. The molecule has 6 nitrogen and oxygen atoms in total. The quantitative estimate of drug-likeness (QED) is 0.694. The van der Waals surface area contributed by atoms with E-state index in [2.05, 4.69) is 4.98 Å². The summed E-state index contributed by atoms with van der Waals surface area (Å²) in [6.45, 7) is 7.55. The zero-order valence-corrected chi connectivity index (χ0v) is 18.4. The number of piperidine rings is 1. The molecule has 0 bridgehead atoms. The molecule has 1 aliphatic rings. The molecule has 1 fully saturated rings. The first-order valence-electron chi connectivity index (χ1n) is 9.98. The van der Waals surface area contributed by atoms with Crippen LogP contribution in [0, 0.1) is 5.92 Å². The highest BCUT2D eigenvalue weighted by Gasteiger charge is 2.26. The molecular formula is C22H29N3O3S. The molecule has 156 valence electrons. The van der Waals surface area contributed by atoms with E-state index >= 15 is 0 Å². The van der Waals surface area contributed by atoms with Gasteiger partial charge in [0.2, 0.25) is 5.91 Å². The van der Waals surface area contributed by atoms with Crippen molar-refractivity contribution in [2.75, 3.05) is 26.7 Å². The largest absolute Gasteiger partial charge is 0.444 e. The van der Waals surface area contributed by atoms with Gasteiger partial charge in [-0.25, -0.2) is 9.78 Å². The Balaban J connectivity index is 1.55. The molecule has 0 N–H and O–H groups in total. The predicted octanol–water partition coefficient (Wildman–Crippen LogP) is 4.42. The van der Waals surface area contributed by atoms with Crippen LogP contribution in [0.2, 0.25) is 0 Å². The third-order valence-corrected chi connectivity index (χ3v) is 5.75. The molecule has 3 rings (SSSR count). The molecule has 0 aliphatic carbocycles. The molecule has 2 aromatic rings. The number of rotatable bonds is 4. The summed E-state index contributed by atoms with van der Waals surface area (Å²) in [5.74, 6) is 0.245. The Morgan fingerprint density at radius 2 is 2.10 bits per heavy atom. The Bertz CT molecular complexity index is 867. The van der Waals surface area contributed by atoms with E-state index in [4.69, 9.17) is 4.74 Å². The first-order valence-corrected chi connectivity index (χ1v) is 10.8. The minimum absolute atomic E-state index is 0.00567. The highest BCUT2D eigenvalue weighted by molar-refractivity contribution is 7.19. The Hall–Kier alpha value is -2.41. The maximum atomic E-state index is 12.7. The van der Waals surface area contributed by atoms with E-state index in [1.165, 1.54) is 0 Å². The van der Waals surface area contributed by atoms with Crippen molar-refractivity contribution in [3.05, 3.63) is 35.3 Å². The molecule has 1 unspecified atom stereocenters. The zero-order chi connectivity index (χ0) is 21.0. The van der Waals surface area contributed by atoms with Crippen molar-refractivity contribution < 1.29 is 14.3 Å². The molecule has 2 heterocycles. The van der Waals surface area contributed by atoms with Crippen LogP contribution >= 0.6 is 11.3 Å². The van der Waals surface area contributed by atoms with Gasteiger partial charge >= 0.3 is 6.09 Å². The van der Waals surface area contributed by atoms with Gasteiger partial charge in [0.1, 0.15) is 10.6 Å². The second-order valence-electron chi connectivity index (χ2n) is 8.51. The van der Waals surface area contributed by atoms with Gasteiger partial charge in [0.25, 0.3) is 0 Å². The van der Waals surface area contributed by atoms with Gasteiger partial charge in [0.15, 0.2) is 0 Å². The predicted molar refractivity (Wildman–Crippen MR) is 117 cm³/mol. The third kappa shape index (κ3) is 6.03. The average Bonchev–Trinajstić information content (AvgIpc) is 3.08. The summed E-state index contributed by atoms with van der Waals surface area (Å²) in [5.41, 5.74) is 0.443. The summed E-state index contributed by atoms with van der Waals surface area (Å²) in [6, 6.07) is 7.95. The number of hydrogen-bond donors (Lipinski definition) is 0. The number of para-hydroxylation sites is 1.